The highest BCUT2D eigenvalue weighted by atomic mass is 16.8. The number of nitrogens with two attached hydrogens (primary N) is 1. The van der Waals surface area contributed by atoms with E-state index in [1.54, 1.807) is 0 Å². The molecular weight excluding hydrogens is 258 g/mol. The molecule has 0 bridgehead atoms. The van der Waals surface area contributed by atoms with E-state index in [9.17, 15) is 4.79 Å². The second-order valence-corrected chi connectivity index (χ2v) is 5.40. The van der Waals surface area contributed by atoms with Gasteiger partial charge in [-0.15, -0.1) is 0 Å². The average molecular weight is 279 g/mol. The maximum absolute atomic E-state index is 10.6. The molecule has 1 aliphatic rings. The molecule has 1 aromatic rings. The Hall–Kier alpha value is -1.59. The molecule has 5 nitrogen and oxygen atoms in total. The van der Waals surface area contributed by atoms with Crippen molar-refractivity contribution in [3.63, 3.8) is 0 Å². The van der Waals surface area contributed by atoms with Gasteiger partial charge in [-0.05, 0) is 38.8 Å². The molecule has 1 heterocycles. The SMILES string of the molecule is Cc1cc(C)c(C2(C)OC[C@@H](COC(N)=O)O2)c(C)c1. The van der Waals surface area contributed by atoms with Gasteiger partial charge in [0.15, 0.2) is 5.79 Å². The highest BCUT2D eigenvalue weighted by Gasteiger charge is 2.41. The van der Waals surface area contributed by atoms with E-state index in [1.807, 2.05) is 20.8 Å². The van der Waals surface area contributed by atoms with Gasteiger partial charge in [-0.3, -0.25) is 0 Å². The molecule has 0 aromatic heterocycles. The van der Waals surface area contributed by atoms with E-state index in [4.69, 9.17) is 19.9 Å². The molecule has 110 valence electrons. The Balaban J connectivity index is 2.19. The zero-order chi connectivity index (χ0) is 14.9. The van der Waals surface area contributed by atoms with E-state index in [-0.39, 0.29) is 12.7 Å². The van der Waals surface area contributed by atoms with Crippen LogP contribution in [0.1, 0.15) is 29.2 Å². The number of aryl methyl sites for hydroxylation is 3. The molecule has 1 saturated heterocycles. The fourth-order valence-electron chi connectivity index (χ4n) is 2.92. The number of carbonyl (C=O) groups is 1. The number of hydrogen-bond donors (Lipinski definition) is 1. The van der Waals surface area contributed by atoms with Crippen LogP contribution in [0.5, 0.6) is 0 Å². The summed E-state index contributed by atoms with van der Waals surface area (Å²) in [5.74, 6) is -0.812. The van der Waals surface area contributed by atoms with Crippen molar-refractivity contribution in [2.24, 2.45) is 5.73 Å². The fraction of sp³-hybridized carbons (Fsp3) is 0.533. The summed E-state index contributed by atoms with van der Waals surface area (Å²) in [5, 5.41) is 0. The molecule has 1 aromatic carbocycles. The average Bonchev–Trinajstić information content (AvgIpc) is 2.67. The lowest BCUT2D eigenvalue weighted by molar-refractivity contribution is -0.166. The number of hydrogen-bond acceptors (Lipinski definition) is 4. The number of primary amides is 1. The molecule has 2 N–H and O–H groups in total. The van der Waals surface area contributed by atoms with Crippen molar-refractivity contribution in [3.8, 4) is 0 Å². The quantitative estimate of drug-likeness (QED) is 0.921. The van der Waals surface area contributed by atoms with Gasteiger partial charge < -0.3 is 19.9 Å². The Bertz CT molecular complexity index is 506. The van der Waals surface area contributed by atoms with Gasteiger partial charge >= 0.3 is 6.09 Å². The number of ether oxygens (including phenoxy) is 3. The Morgan fingerprint density at radius 1 is 1.40 bits per heavy atom. The van der Waals surface area contributed by atoms with Crippen molar-refractivity contribution in [2.75, 3.05) is 13.2 Å². The summed E-state index contributed by atoms with van der Waals surface area (Å²) in [7, 11) is 0. The molecule has 1 unspecified atom stereocenters. The molecule has 0 aliphatic carbocycles. The van der Waals surface area contributed by atoms with Crippen LogP contribution in [0.2, 0.25) is 0 Å². The van der Waals surface area contributed by atoms with Crippen molar-refractivity contribution in [1.82, 2.24) is 0 Å². The second kappa shape index (κ2) is 5.42. The van der Waals surface area contributed by atoms with E-state index in [2.05, 4.69) is 19.1 Å². The second-order valence-electron chi connectivity index (χ2n) is 5.40. The van der Waals surface area contributed by atoms with Crippen molar-refractivity contribution in [2.45, 2.75) is 39.6 Å². The first-order chi connectivity index (χ1) is 9.32. The lowest BCUT2D eigenvalue weighted by atomic mass is 9.94. The molecular formula is C15H21NO4. The zero-order valence-corrected chi connectivity index (χ0v) is 12.4. The number of rotatable bonds is 3. The first-order valence-corrected chi connectivity index (χ1v) is 6.64. The van der Waals surface area contributed by atoms with Crippen LogP contribution in [0.25, 0.3) is 0 Å². The van der Waals surface area contributed by atoms with Crippen LogP contribution < -0.4 is 5.73 Å². The maximum atomic E-state index is 10.6. The Labute approximate surface area is 119 Å². The van der Waals surface area contributed by atoms with Gasteiger partial charge in [0, 0.05) is 5.56 Å². The third-order valence-corrected chi connectivity index (χ3v) is 3.48. The molecule has 1 fully saturated rings. The van der Waals surface area contributed by atoms with Gasteiger partial charge in [0.25, 0.3) is 0 Å². The third kappa shape index (κ3) is 2.94. The highest BCUT2D eigenvalue weighted by molar-refractivity contribution is 5.64. The van der Waals surface area contributed by atoms with Gasteiger partial charge in [-0.2, -0.15) is 0 Å². The molecule has 5 heteroatoms. The van der Waals surface area contributed by atoms with E-state index in [0.29, 0.717) is 6.61 Å². The van der Waals surface area contributed by atoms with Crippen molar-refractivity contribution in [3.05, 3.63) is 34.4 Å². The van der Waals surface area contributed by atoms with Gasteiger partial charge in [0.05, 0.1) is 6.61 Å². The number of carbonyl (C=O) groups excluding carboxylic acids is 1. The molecule has 0 spiro atoms. The summed E-state index contributed by atoms with van der Waals surface area (Å²) in [6.07, 6.45) is -1.10. The number of amides is 1. The van der Waals surface area contributed by atoms with Crippen LogP contribution in [0.4, 0.5) is 4.79 Å². The predicted molar refractivity (Wildman–Crippen MR) is 74.4 cm³/mol. The smallest absolute Gasteiger partial charge is 0.404 e. The zero-order valence-electron chi connectivity index (χ0n) is 12.4. The van der Waals surface area contributed by atoms with Gasteiger partial charge in [0.2, 0.25) is 0 Å². The standard InChI is InChI=1S/C15H21NO4/c1-9-5-10(2)13(11(3)6-9)15(4)19-8-12(20-15)7-18-14(16)17/h5-6,12H,7-8H2,1-4H3,(H2,16,17)/t12-,15?/m1/s1. The van der Waals surface area contributed by atoms with Crippen molar-refractivity contribution < 1.29 is 19.0 Å². The lowest BCUT2D eigenvalue weighted by Gasteiger charge is -2.27. The molecule has 20 heavy (non-hydrogen) atoms. The minimum absolute atomic E-state index is 0.106. The monoisotopic (exact) mass is 279 g/mol. The third-order valence-electron chi connectivity index (χ3n) is 3.48. The maximum Gasteiger partial charge on any atom is 0.404 e. The predicted octanol–water partition coefficient (Wildman–Crippen LogP) is 2.30. The molecule has 1 amide bonds. The van der Waals surface area contributed by atoms with Crippen LogP contribution in [0, 0.1) is 20.8 Å². The van der Waals surface area contributed by atoms with Crippen LogP contribution in [-0.2, 0) is 20.0 Å². The van der Waals surface area contributed by atoms with Gasteiger partial charge in [-0.25, -0.2) is 4.79 Å². The summed E-state index contributed by atoms with van der Waals surface area (Å²) < 4.78 is 16.5. The summed E-state index contributed by atoms with van der Waals surface area (Å²) in [6.45, 7) is 8.51. The van der Waals surface area contributed by atoms with Gasteiger partial charge in [-0.1, -0.05) is 17.7 Å². The first kappa shape index (κ1) is 14.8. The lowest BCUT2D eigenvalue weighted by Crippen LogP contribution is -2.28. The van der Waals surface area contributed by atoms with Crippen LogP contribution in [0.3, 0.4) is 0 Å². The summed E-state index contributed by atoms with van der Waals surface area (Å²) in [5.41, 5.74) is 9.45. The Kier molecular flexibility index (Phi) is 4.01. The minimum atomic E-state index is -0.812. The molecule has 0 radical (unpaired) electrons. The fourth-order valence-corrected chi connectivity index (χ4v) is 2.92. The van der Waals surface area contributed by atoms with Crippen molar-refractivity contribution >= 4 is 6.09 Å². The summed E-state index contributed by atoms with van der Waals surface area (Å²) in [4.78, 5) is 10.6. The van der Waals surface area contributed by atoms with Crippen LogP contribution in [0.15, 0.2) is 12.1 Å². The van der Waals surface area contributed by atoms with Crippen LogP contribution in [-0.4, -0.2) is 25.4 Å². The summed E-state index contributed by atoms with van der Waals surface area (Å²) in [6, 6.07) is 4.21. The van der Waals surface area contributed by atoms with Crippen LogP contribution >= 0.6 is 0 Å². The van der Waals surface area contributed by atoms with E-state index >= 15 is 0 Å². The first-order valence-electron chi connectivity index (χ1n) is 6.64. The molecule has 2 rings (SSSR count). The highest BCUT2D eigenvalue weighted by Crippen LogP contribution is 2.38. The van der Waals surface area contributed by atoms with E-state index in [0.717, 1.165) is 16.7 Å². The Morgan fingerprint density at radius 3 is 2.55 bits per heavy atom. The minimum Gasteiger partial charge on any atom is -0.447 e. The molecule has 2 atom stereocenters. The molecule has 1 aliphatic heterocycles. The molecule has 0 saturated carbocycles. The van der Waals surface area contributed by atoms with E-state index < -0.39 is 11.9 Å². The van der Waals surface area contributed by atoms with Crippen molar-refractivity contribution in [1.29, 1.82) is 0 Å². The Morgan fingerprint density at radius 2 is 2.00 bits per heavy atom. The summed E-state index contributed by atoms with van der Waals surface area (Å²) >= 11 is 0. The normalized spacial score (nSPS) is 25.7. The number of benzene rings is 1. The largest absolute Gasteiger partial charge is 0.447 e. The van der Waals surface area contributed by atoms with E-state index in [1.165, 1.54) is 5.56 Å². The van der Waals surface area contributed by atoms with Gasteiger partial charge in [0.1, 0.15) is 12.7 Å². The topological polar surface area (TPSA) is 70.8 Å².